The second-order valence-corrected chi connectivity index (χ2v) is 8.94. The molecule has 1 aliphatic heterocycles. The lowest BCUT2D eigenvalue weighted by Gasteiger charge is -2.36. The third-order valence-electron chi connectivity index (χ3n) is 6.19. The van der Waals surface area contributed by atoms with Gasteiger partial charge in [0, 0.05) is 23.4 Å². The number of halogens is 5. The van der Waals surface area contributed by atoms with Crippen LogP contribution in [0.25, 0.3) is 0 Å². The van der Waals surface area contributed by atoms with E-state index in [1.807, 2.05) is 31.2 Å². The van der Waals surface area contributed by atoms with Gasteiger partial charge < -0.3 is 26.4 Å². The monoisotopic (exact) mass is 533 g/mol. The number of benzene rings is 2. The van der Waals surface area contributed by atoms with Crippen molar-refractivity contribution in [2.24, 2.45) is 16.6 Å². The van der Waals surface area contributed by atoms with Crippen molar-refractivity contribution in [1.82, 2.24) is 10.6 Å². The van der Waals surface area contributed by atoms with Crippen LogP contribution in [0.3, 0.4) is 0 Å². The highest BCUT2D eigenvalue weighted by atomic mass is 35.5. The molecule has 1 fully saturated rings. The number of alkyl halides is 3. The summed E-state index contributed by atoms with van der Waals surface area (Å²) < 4.78 is 41.9. The van der Waals surface area contributed by atoms with E-state index in [1.165, 1.54) is 12.1 Å². The van der Waals surface area contributed by atoms with Crippen molar-refractivity contribution in [3.63, 3.8) is 0 Å². The number of hydrogen-bond donors (Lipinski definition) is 4. The molecule has 5 N–H and O–H groups in total. The summed E-state index contributed by atoms with van der Waals surface area (Å²) in [4.78, 5) is 4.87. The number of aliphatic imine (C=N–C) groups is 1. The third kappa shape index (κ3) is 7.90. The maximum Gasteiger partial charge on any atom is 0.573 e. The van der Waals surface area contributed by atoms with Gasteiger partial charge in [-0.25, -0.2) is 4.99 Å². The van der Waals surface area contributed by atoms with Gasteiger partial charge in [-0.3, -0.25) is 0 Å². The number of ether oxygens (including phenoxy) is 1. The van der Waals surface area contributed by atoms with Gasteiger partial charge >= 0.3 is 6.36 Å². The van der Waals surface area contributed by atoms with Gasteiger partial charge in [-0.2, -0.15) is 0 Å². The largest absolute Gasteiger partial charge is 0.573 e. The first kappa shape index (κ1) is 29.0. The smallest absolute Gasteiger partial charge is 0.405 e. The molecule has 1 aliphatic carbocycles. The van der Waals surface area contributed by atoms with E-state index in [9.17, 15) is 13.2 Å². The van der Waals surface area contributed by atoms with Crippen LogP contribution in [0, 0.1) is 5.92 Å². The van der Waals surface area contributed by atoms with Crippen molar-refractivity contribution in [1.29, 1.82) is 0 Å². The van der Waals surface area contributed by atoms with Crippen LogP contribution in [0.4, 0.5) is 18.9 Å². The van der Waals surface area contributed by atoms with Gasteiger partial charge in [0.2, 0.25) is 0 Å². The Morgan fingerprint density at radius 2 is 1.71 bits per heavy atom. The van der Waals surface area contributed by atoms with Crippen LogP contribution in [0.15, 0.2) is 53.5 Å². The van der Waals surface area contributed by atoms with Crippen molar-refractivity contribution >= 4 is 36.5 Å². The second kappa shape index (κ2) is 12.2. The van der Waals surface area contributed by atoms with Crippen molar-refractivity contribution in [3.05, 3.63) is 59.7 Å². The summed E-state index contributed by atoms with van der Waals surface area (Å²) in [7, 11) is 0. The number of hydrogen-bond acceptors (Lipinski definition) is 4. The Bertz CT molecular complexity index is 995. The highest BCUT2D eigenvalue weighted by molar-refractivity contribution is 5.97. The van der Waals surface area contributed by atoms with Gasteiger partial charge in [-0.1, -0.05) is 36.4 Å². The molecule has 35 heavy (non-hydrogen) atoms. The van der Waals surface area contributed by atoms with Crippen LogP contribution in [-0.4, -0.2) is 24.9 Å². The zero-order valence-electron chi connectivity index (χ0n) is 19.4. The molecule has 0 amide bonds. The molecule has 2 aliphatic rings. The third-order valence-corrected chi connectivity index (χ3v) is 6.19. The van der Waals surface area contributed by atoms with Gasteiger partial charge in [0.25, 0.3) is 0 Å². The van der Waals surface area contributed by atoms with Crippen LogP contribution in [0.2, 0.25) is 0 Å². The number of para-hydroxylation sites is 2. The number of nitrogens with one attached hydrogen (secondary N) is 3. The number of nitrogens with zero attached hydrogens (tertiary/aromatic N) is 1. The first-order chi connectivity index (χ1) is 15.7. The fourth-order valence-corrected chi connectivity index (χ4v) is 4.53. The predicted octanol–water partition coefficient (Wildman–Crippen LogP) is 5.28. The summed E-state index contributed by atoms with van der Waals surface area (Å²) in [5.41, 5.74) is 8.22. The lowest BCUT2D eigenvalue weighted by atomic mass is 9.86. The first-order valence-electron chi connectivity index (χ1n) is 11.3. The molecular formula is C24H32Cl2F3N5O. The minimum Gasteiger partial charge on any atom is -0.405 e. The summed E-state index contributed by atoms with van der Waals surface area (Å²) >= 11 is 0. The topological polar surface area (TPSA) is 83.7 Å². The van der Waals surface area contributed by atoms with Crippen LogP contribution in [-0.2, 0) is 12.2 Å². The van der Waals surface area contributed by atoms with Crippen LogP contribution < -0.4 is 26.4 Å². The minimum absolute atomic E-state index is 0. The van der Waals surface area contributed by atoms with E-state index < -0.39 is 12.0 Å². The molecule has 4 rings (SSSR count). The number of guanidine groups is 1. The van der Waals surface area contributed by atoms with Gasteiger partial charge in [-0.05, 0) is 57.2 Å². The molecular weight excluding hydrogens is 502 g/mol. The van der Waals surface area contributed by atoms with Crippen molar-refractivity contribution in [2.75, 3.05) is 11.9 Å². The average molecular weight is 534 g/mol. The Labute approximate surface area is 216 Å². The molecule has 0 radical (unpaired) electrons. The number of rotatable bonds is 6. The molecule has 2 aromatic carbocycles. The zero-order chi connectivity index (χ0) is 23.5. The minimum atomic E-state index is -4.69. The molecule has 0 spiro atoms. The fraction of sp³-hybridized carbons (Fsp3) is 0.458. The molecule has 0 aromatic heterocycles. The molecule has 0 saturated heterocycles. The maximum atomic E-state index is 12.6. The lowest BCUT2D eigenvalue weighted by Crippen LogP contribution is -2.56. The maximum absolute atomic E-state index is 12.6. The van der Waals surface area contributed by atoms with Gasteiger partial charge in [-0.15, -0.1) is 38.0 Å². The molecule has 1 heterocycles. The average Bonchev–Trinajstić information content (AvgIpc) is 2.75. The molecule has 6 nitrogen and oxygen atoms in total. The Morgan fingerprint density at radius 3 is 2.43 bits per heavy atom. The summed E-state index contributed by atoms with van der Waals surface area (Å²) in [6.07, 6.45) is -0.773. The SMILES string of the molecule is CC1(N)NC(=NC2CCC(CNCc3ccccc3OC(F)(F)F)CC2)Nc2ccccc21.Cl.Cl. The molecule has 1 unspecified atom stereocenters. The summed E-state index contributed by atoms with van der Waals surface area (Å²) in [6, 6.07) is 14.4. The van der Waals surface area contributed by atoms with Crippen LogP contribution in [0.1, 0.15) is 43.7 Å². The second-order valence-electron chi connectivity index (χ2n) is 8.94. The molecule has 1 atom stereocenters. The van der Waals surface area contributed by atoms with Gasteiger partial charge in [0.05, 0.1) is 6.04 Å². The van der Waals surface area contributed by atoms with E-state index in [4.69, 9.17) is 10.7 Å². The molecule has 2 aromatic rings. The fourth-order valence-electron chi connectivity index (χ4n) is 4.53. The predicted molar refractivity (Wildman–Crippen MR) is 137 cm³/mol. The molecule has 0 bridgehead atoms. The Balaban J connectivity index is 0.00000216. The zero-order valence-corrected chi connectivity index (χ0v) is 21.0. The Hall–Kier alpha value is -2.20. The standard InChI is InChI=1S/C24H30F3N5O.2ClH/c1-23(28)19-7-3-4-8-20(19)31-22(32-23)30-18-12-10-16(11-13-18)14-29-15-17-6-2-5-9-21(17)33-24(25,26)27;;/h2-9,16,18,29H,10-15,28H2,1H3,(H2,30,31,32);2*1H. The van der Waals surface area contributed by atoms with Crippen molar-refractivity contribution < 1.29 is 17.9 Å². The van der Waals surface area contributed by atoms with Crippen LogP contribution >= 0.6 is 24.8 Å². The Morgan fingerprint density at radius 1 is 1.06 bits per heavy atom. The van der Waals surface area contributed by atoms with E-state index >= 15 is 0 Å². The van der Waals surface area contributed by atoms with E-state index in [-0.39, 0.29) is 36.6 Å². The van der Waals surface area contributed by atoms with Gasteiger partial charge in [0.1, 0.15) is 11.4 Å². The van der Waals surface area contributed by atoms with Crippen molar-refractivity contribution in [2.45, 2.75) is 57.2 Å². The molecule has 1 saturated carbocycles. The number of fused-ring (bicyclic) bond motifs is 1. The molecule has 194 valence electrons. The number of anilines is 1. The highest BCUT2D eigenvalue weighted by Gasteiger charge is 2.32. The van der Waals surface area contributed by atoms with E-state index in [2.05, 4.69) is 20.7 Å². The summed E-state index contributed by atoms with van der Waals surface area (Å²) in [5, 5.41) is 9.92. The van der Waals surface area contributed by atoms with Crippen molar-refractivity contribution in [3.8, 4) is 5.75 Å². The quantitative estimate of drug-likeness (QED) is 0.406. The normalized spacial score (nSPS) is 24.8. The molecule has 11 heteroatoms. The first-order valence-corrected chi connectivity index (χ1v) is 11.3. The summed E-state index contributed by atoms with van der Waals surface area (Å²) in [5.74, 6) is 1.00. The summed E-state index contributed by atoms with van der Waals surface area (Å²) in [6.45, 7) is 3.01. The van der Waals surface area contributed by atoms with E-state index in [0.29, 0.717) is 24.0 Å². The Kier molecular flexibility index (Phi) is 10.1. The van der Waals surface area contributed by atoms with E-state index in [0.717, 1.165) is 43.5 Å². The van der Waals surface area contributed by atoms with Gasteiger partial charge in [0.15, 0.2) is 5.96 Å². The van der Waals surface area contributed by atoms with Crippen LogP contribution in [0.5, 0.6) is 5.75 Å². The number of nitrogens with two attached hydrogens (primary N) is 1. The lowest BCUT2D eigenvalue weighted by molar-refractivity contribution is -0.274. The van der Waals surface area contributed by atoms with E-state index in [1.54, 1.807) is 12.1 Å². The highest BCUT2D eigenvalue weighted by Crippen LogP contribution is 2.30.